The first-order valence-corrected chi connectivity index (χ1v) is 7.31. The Morgan fingerprint density at radius 3 is 2.75 bits per heavy atom. The molecule has 2 aromatic carbocycles. The molecule has 20 heavy (non-hydrogen) atoms. The molecule has 0 heterocycles. The monoisotopic (exact) mass is 352 g/mol. The second-order valence-corrected chi connectivity index (χ2v) is 5.68. The number of benzene rings is 2. The molecule has 0 saturated heterocycles. The lowest BCUT2D eigenvalue weighted by atomic mass is 10.1. The SMILES string of the molecule is Nc1cccc(CCC(=O)Nc2ccc(Br)c(Cl)c2)c1. The minimum absolute atomic E-state index is 0.0502. The van der Waals surface area contributed by atoms with Gasteiger partial charge in [-0.3, -0.25) is 4.79 Å². The number of carbonyl (C=O) groups is 1. The first-order valence-electron chi connectivity index (χ1n) is 6.14. The van der Waals surface area contributed by atoms with E-state index in [1.807, 2.05) is 24.3 Å². The minimum atomic E-state index is -0.0502. The number of aryl methyl sites for hydroxylation is 1. The largest absolute Gasteiger partial charge is 0.399 e. The number of anilines is 2. The maximum Gasteiger partial charge on any atom is 0.224 e. The summed E-state index contributed by atoms with van der Waals surface area (Å²) in [6.07, 6.45) is 1.05. The minimum Gasteiger partial charge on any atom is -0.399 e. The highest BCUT2D eigenvalue weighted by Gasteiger charge is 2.05. The fraction of sp³-hybridized carbons (Fsp3) is 0.133. The van der Waals surface area contributed by atoms with Gasteiger partial charge >= 0.3 is 0 Å². The van der Waals surface area contributed by atoms with Crippen LogP contribution in [0, 0.1) is 0 Å². The van der Waals surface area contributed by atoms with Gasteiger partial charge in [0.05, 0.1) is 5.02 Å². The first kappa shape index (κ1) is 14.9. The lowest BCUT2D eigenvalue weighted by Crippen LogP contribution is -2.12. The Morgan fingerprint density at radius 1 is 1.25 bits per heavy atom. The Kier molecular flexibility index (Phi) is 5.04. The van der Waals surface area contributed by atoms with E-state index in [0.29, 0.717) is 29.2 Å². The van der Waals surface area contributed by atoms with Crippen LogP contribution in [-0.2, 0) is 11.2 Å². The third kappa shape index (κ3) is 4.25. The fourth-order valence-corrected chi connectivity index (χ4v) is 2.23. The van der Waals surface area contributed by atoms with Crippen LogP contribution >= 0.6 is 27.5 Å². The number of amides is 1. The number of rotatable bonds is 4. The molecule has 2 aromatic rings. The van der Waals surface area contributed by atoms with E-state index in [-0.39, 0.29) is 5.91 Å². The number of carbonyl (C=O) groups excluding carboxylic acids is 1. The van der Waals surface area contributed by atoms with Gasteiger partial charge < -0.3 is 11.1 Å². The van der Waals surface area contributed by atoms with Crippen molar-refractivity contribution in [3.05, 3.63) is 57.5 Å². The summed E-state index contributed by atoms with van der Waals surface area (Å²) in [6.45, 7) is 0. The van der Waals surface area contributed by atoms with Gasteiger partial charge in [-0.2, -0.15) is 0 Å². The summed E-state index contributed by atoms with van der Waals surface area (Å²) in [5.74, 6) is -0.0502. The van der Waals surface area contributed by atoms with E-state index in [1.165, 1.54) is 0 Å². The van der Waals surface area contributed by atoms with E-state index in [2.05, 4.69) is 21.2 Å². The first-order chi connectivity index (χ1) is 9.54. The predicted octanol–water partition coefficient (Wildman–Crippen LogP) is 4.26. The molecule has 0 aliphatic carbocycles. The molecular weight excluding hydrogens is 340 g/mol. The number of halogens is 2. The molecule has 0 atom stereocenters. The van der Waals surface area contributed by atoms with Crippen molar-refractivity contribution in [3.8, 4) is 0 Å². The van der Waals surface area contributed by atoms with E-state index in [1.54, 1.807) is 18.2 Å². The molecule has 0 spiro atoms. The van der Waals surface area contributed by atoms with Crippen LogP contribution in [0.1, 0.15) is 12.0 Å². The van der Waals surface area contributed by atoms with Crippen LogP contribution < -0.4 is 11.1 Å². The number of hydrogen-bond donors (Lipinski definition) is 2. The van der Waals surface area contributed by atoms with Gasteiger partial charge in [-0.15, -0.1) is 0 Å². The molecule has 0 aromatic heterocycles. The Balaban J connectivity index is 1.91. The Bertz CT molecular complexity index is 631. The van der Waals surface area contributed by atoms with Crippen molar-refractivity contribution in [1.82, 2.24) is 0 Å². The van der Waals surface area contributed by atoms with Crippen LogP contribution in [0.15, 0.2) is 46.9 Å². The molecule has 0 radical (unpaired) electrons. The average Bonchev–Trinajstić information content (AvgIpc) is 2.41. The molecule has 5 heteroatoms. The van der Waals surface area contributed by atoms with E-state index in [0.717, 1.165) is 10.0 Å². The lowest BCUT2D eigenvalue weighted by molar-refractivity contribution is -0.116. The van der Waals surface area contributed by atoms with E-state index >= 15 is 0 Å². The van der Waals surface area contributed by atoms with E-state index < -0.39 is 0 Å². The predicted molar refractivity (Wildman–Crippen MR) is 87.0 cm³/mol. The number of hydrogen-bond acceptors (Lipinski definition) is 2. The molecule has 104 valence electrons. The second kappa shape index (κ2) is 6.77. The van der Waals surface area contributed by atoms with Crippen LogP contribution in [0.25, 0.3) is 0 Å². The molecule has 0 aliphatic heterocycles. The van der Waals surface area contributed by atoms with Crippen molar-refractivity contribution in [2.75, 3.05) is 11.1 Å². The van der Waals surface area contributed by atoms with Gasteiger partial charge in [0.1, 0.15) is 0 Å². The van der Waals surface area contributed by atoms with Gasteiger partial charge in [0.2, 0.25) is 5.91 Å². The Hall–Kier alpha value is -1.52. The van der Waals surface area contributed by atoms with Crippen molar-refractivity contribution in [1.29, 1.82) is 0 Å². The number of nitrogen functional groups attached to an aromatic ring is 1. The molecule has 3 N–H and O–H groups in total. The normalized spacial score (nSPS) is 10.3. The molecule has 0 saturated carbocycles. The summed E-state index contributed by atoms with van der Waals surface area (Å²) < 4.78 is 0.803. The molecule has 3 nitrogen and oxygen atoms in total. The maximum atomic E-state index is 11.9. The van der Waals surface area contributed by atoms with Crippen LogP contribution in [-0.4, -0.2) is 5.91 Å². The van der Waals surface area contributed by atoms with Crippen molar-refractivity contribution in [2.45, 2.75) is 12.8 Å². The lowest BCUT2D eigenvalue weighted by Gasteiger charge is -2.07. The molecule has 0 unspecified atom stereocenters. The van der Waals surface area contributed by atoms with E-state index in [4.69, 9.17) is 17.3 Å². The quantitative estimate of drug-likeness (QED) is 0.807. The molecular formula is C15H14BrClN2O. The van der Waals surface area contributed by atoms with Gasteiger partial charge in [0.25, 0.3) is 0 Å². The Morgan fingerprint density at radius 2 is 2.05 bits per heavy atom. The van der Waals surface area contributed by atoms with Gasteiger partial charge in [-0.05, 0) is 58.2 Å². The zero-order valence-electron chi connectivity index (χ0n) is 10.7. The van der Waals surface area contributed by atoms with Gasteiger partial charge in [0.15, 0.2) is 0 Å². The summed E-state index contributed by atoms with van der Waals surface area (Å²) in [5.41, 5.74) is 8.15. The zero-order chi connectivity index (χ0) is 14.5. The third-order valence-corrected chi connectivity index (χ3v) is 4.03. The molecule has 1 amide bonds. The van der Waals surface area contributed by atoms with Crippen LogP contribution in [0.4, 0.5) is 11.4 Å². The van der Waals surface area contributed by atoms with Crippen molar-refractivity contribution in [2.24, 2.45) is 0 Å². The third-order valence-electron chi connectivity index (χ3n) is 2.80. The van der Waals surface area contributed by atoms with Crippen molar-refractivity contribution >= 4 is 44.8 Å². The van der Waals surface area contributed by atoms with Gasteiger partial charge in [-0.25, -0.2) is 0 Å². The summed E-state index contributed by atoms with van der Waals surface area (Å²) in [4.78, 5) is 11.9. The fourth-order valence-electron chi connectivity index (χ4n) is 1.80. The van der Waals surface area contributed by atoms with Gasteiger partial charge in [-0.1, -0.05) is 23.7 Å². The maximum absolute atomic E-state index is 11.9. The molecule has 0 bridgehead atoms. The summed E-state index contributed by atoms with van der Waals surface area (Å²) in [7, 11) is 0. The average molecular weight is 354 g/mol. The number of nitrogens with one attached hydrogen (secondary N) is 1. The highest BCUT2D eigenvalue weighted by molar-refractivity contribution is 9.10. The highest BCUT2D eigenvalue weighted by Crippen LogP contribution is 2.25. The standard InChI is InChI=1S/C15H14BrClN2O/c16-13-6-5-12(9-14(13)17)19-15(20)7-4-10-2-1-3-11(18)8-10/h1-3,5-6,8-9H,4,7,18H2,(H,19,20). The van der Waals surface area contributed by atoms with Gasteiger partial charge in [0, 0.05) is 22.3 Å². The summed E-state index contributed by atoms with van der Waals surface area (Å²) in [6, 6.07) is 12.9. The number of nitrogens with two attached hydrogens (primary N) is 1. The zero-order valence-corrected chi connectivity index (χ0v) is 13.0. The van der Waals surface area contributed by atoms with Crippen LogP contribution in [0.2, 0.25) is 5.02 Å². The van der Waals surface area contributed by atoms with E-state index in [9.17, 15) is 4.79 Å². The van der Waals surface area contributed by atoms with Crippen molar-refractivity contribution < 1.29 is 4.79 Å². The molecule has 0 fully saturated rings. The molecule has 2 rings (SSSR count). The summed E-state index contributed by atoms with van der Waals surface area (Å²) in [5, 5.41) is 3.39. The van der Waals surface area contributed by atoms with Crippen molar-refractivity contribution in [3.63, 3.8) is 0 Å². The summed E-state index contributed by atoms with van der Waals surface area (Å²) >= 11 is 9.28. The van der Waals surface area contributed by atoms with Crippen LogP contribution in [0.5, 0.6) is 0 Å². The second-order valence-electron chi connectivity index (χ2n) is 4.42. The van der Waals surface area contributed by atoms with Crippen LogP contribution in [0.3, 0.4) is 0 Å². The smallest absolute Gasteiger partial charge is 0.224 e. The Labute approximate surface area is 131 Å². The molecule has 0 aliphatic rings. The highest BCUT2D eigenvalue weighted by atomic mass is 79.9. The topological polar surface area (TPSA) is 55.1 Å².